The van der Waals surface area contributed by atoms with Gasteiger partial charge in [-0.15, -0.1) is 0 Å². The number of nitrogens with one attached hydrogen (secondary N) is 2. The Balaban J connectivity index is 1.84. The van der Waals surface area contributed by atoms with Crippen LogP contribution in [-0.2, 0) is 6.54 Å². The molecule has 0 aliphatic rings. The molecule has 0 spiro atoms. The summed E-state index contributed by atoms with van der Waals surface area (Å²) in [7, 11) is 1.64. The van der Waals surface area contributed by atoms with Gasteiger partial charge in [-0.25, -0.2) is 4.98 Å². The highest BCUT2D eigenvalue weighted by Crippen LogP contribution is 2.21. The molecular weight excluding hydrogens is 290 g/mol. The SMILES string of the molecule is COc1ccc2nc(NCc3c(C)cc(C)[nH]c3=O)ccc2c1. The van der Waals surface area contributed by atoms with E-state index in [-0.39, 0.29) is 5.56 Å². The molecular formula is C18H19N3O2. The zero-order valence-electron chi connectivity index (χ0n) is 13.4. The van der Waals surface area contributed by atoms with Crippen molar-refractivity contribution in [2.24, 2.45) is 0 Å². The van der Waals surface area contributed by atoms with E-state index in [1.165, 1.54) is 0 Å². The van der Waals surface area contributed by atoms with Crippen molar-refractivity contribution in [1.82, 2.24) is 9.97 Å². The molecule has 2 N–H and O–H groups in total. The summed E-state index contributed by atoms with van der Waals surface area (Å²) in [6, 6.07) is 11.6. The Morgan fingerprint density at radius 3 is 2.74 bits per heavy atom. The number of hydrogen-bond acceptors (Lipinski definition) is 4. The zero-order valence-corrected chi connectivity index (χ0v) is 13.4. The Kier molecular flexibility index (Phi) is 4.02. The molecule has 0 bridgehead atoms. The minimum Gasteiger partial charge on any atom is -0.497 e. The lowest BCUT2D eigenvalue weighted by molar-refractivity contribution is 0.415. The van der Waals surface area contributed by atoms with E-state index in [0.717, 1.165) is 39.3 Å². The van der Waals surface area contributed by atoms with Crippen LogP contribution < -0.4 is 15.6 Å². The first-order chi connectivity index (χ1) is 11.1. The topological polar surface area (TPSA) is 67.0 Å². The molecule has 0 aliphatic carbocycles. The molecule has 3 rings (SSSR count). The van der Waals surface area contributed by atoms with E-state index in [9.17, 15) is 4.79 Å². The van der Waals surface area contributed by atoms with Crippen LogP contribution in [0.3, 0.4) is 0 Å². The molecule has 0 unspecified atom stereocenters. The first kappa shape index (κ1) is 15.1. The van der Waals surface area contributed by atoms with E-state index in [1.807, 2.05) is 50.2 Å². The van der Waals surface area contributed by atoms with Gasteiger partial charge < -0.3 is 15.0 Å². The third-order valence-corrected chi connectivity index (χ3v) is 3.84. The molecule has 2 heterocycles. The lowest BCUT2D eigenvalue weighted by atomic mass is 10.1. The van der Waals surface area contributed by atoms with Crippen molar-refractivity contribution in [3.8, 4) is 5.75 Å². The molecule has 5 nitrogen and oxygen atoms in total. The quantitative estimate of drug-likeness (QED) is 0.777. The monoisotopic (exact) mass is 309 g/mol. The van der Waals surface area contributed by atoms with Gasteiger partial charge in [0, 0.05) is 23.2 Å². The maximum Gasteiger partial charge on any atom is 0.253 e. The molecule has 1 aromatic carbocycles. The van der Waals surface area contributed by atoms with Crippen LogP contribution in [0.15, 0.2) is 41.2 Å². The van der Waals surface area contributed by atoms with Crippen molar-refractivity contribution >= 4 is 16.7 Å². The van der Waals surface area contributed by atoms with E-state index in [0.29, 0.717) is 6.54 Å². The highest BCUT2D eigenvalue weighted by molar-refractivity contribution is 5.81. The van der Waals surface area contributed by atoms with Crippen molar-refractivity contribution in [1.29, 1.82) is 0 Å². The second-order valence-corrected chi connectivity index (χ2v) is 5.55. The lowest BCUT2D eigenvalue weighted by Gasteiger charge is -2.09. The van der Waals surface area contributed by atoms with Crippen LogP contribution >= 0.6 is 0 Å². The van der Waals surface area contributed by atoms with Crippen LogP contribution in [-0.4, -0.2) is 17.1 Å². The van der Waals surface area contributed by atoms with E-state index in [4.69, 9.17) is 4.74 Å². The van der Waals surface area contributed by atoms with Crippen LogP contribution in [0.5, 0.6) is 5.75 Å². The van der Waals surface area contributed by atoms with Crippen LogP contribution in [0.25, 0.3) is 10.9 Å². The summed E-state index contributed by atoms with van der Waals surface area (Å²) in [5, 5.41) is 4.23. The fourth-order valence-electron chi connectivity index (χ4n) is 2.61. The van der Waals surface area contributed by atoms with Crippen LogP contribution in [0.1, 0.15) is 16.8 Å². The lowest BCUT2D eigenvalue weighted by Crippen LogP contribution is -2.18. The second-order valence-electron chi connectivity index (χ2n) is 5.55. The Labute approximate surface area is 134 Å². The normalized spacial score (nSPS) is 10.7. The zero-order chi connectivity index (χ0) is 16.4. The predicted octanol–water partition coefficient (Wildman–Crippen LogP) is 3.16. The van der Waals surface area contributed by atoms with Crippen molar-refractivity contribution in [2.45, 2.75) is 20.4 Å². The summed E-state index contributed by atoms with van der Waals surface area (Å²) in [5.74, 6) is 1.55. The third-order valence-electron chi connectivity index (χ3n) is 3.84. The molecule has 0 amide bonds. The summed E-state index contributed by atoms with van der Waals surface area (Å²) in [6.07, 6.45) is 0. The number of rotatable bonds is 4. The van der Waals surface area contributed by atoms with Gasteiger partial charge in [-0.3, -0.25) is 4.79 Å². The summed E-state index contributed by atoms with van der Waals surface area (Å²) in [5.41, 5.74) is 3.40. The molecule has 0 radical (unpaired) electrons. The minimum atomic E-state index is -0.0551. The number of aromatic nitrogens is 2. The van der Waals surface area contributed by atoms with Gasteiger partial charge in [-0.2, -0.15) is 0 Å². The van der Waals surface area contributed by atoms with E-state index in [1.54, 1.807) is 7.11 Å². The predicted molar refractivity (Wildman–Crippen MR) is 92.2 cm³/mol. The second kappa shape index (κ2) is 6.12. The summed E-state index contributed by atoms with van der Waals surface area (Å²) in [6.45, 7) is 4.26. The largest absolute Gasteiger partial charge is 0.497 e. The van der Waals surface area contributed by atoms with Crippen LogP contribution in [0.2, 0.25) is 0 Å². The number of anilines is 1. The fourth-order valence-corrected chi connectivity index (χ4v) is 2.61. The average Bonchev–Trinajstić information content (AvgIpc) is 2.53. The minimum absolute atomic E-state index is 0.0551. The van der Waals surface area contributed by atoms with Crippen molar-refractivity contribution in [3.05, 3.63) is 63.6 Å². The highest BCUT2D eigenvalue weighted by Gasteiger charge is 2.06. The van der Waals surface area contributed by atoms with Gasteiger partial charge in [0.25, 0.3) is 5.56 Å². The van der Waals surface area contributed by atoms with Gasteiger partial charge in [-0.1, -0.05) is 0 Å². The Morgan fingerprint density at radius 2 is 2.00 bits per heavy atom. The van der Waals surface area contributed by atoms with E-state index < -0.39 is 0 Å². The molecule has 0 aliphatic heterocycles. The first-order valence-electron chi connectivity index (χ1n) is 7.45. The van der Waals surface area contributed by atoms with Gasteiger partial charge in [0.1, 0.15) is 11.6 Å². The van der Waals surface area contributed by atoms with Crippen molar-refractivity contribution < 1.29 is 4.74 Å². The van der Waals surface area contributed by atoms with E-state index in [2.05, 4.69) is 15.3 Å². The number of hydrogen-bond donors (Lipinski definition) is 2. The fraction of sp³-hybridized carbons (Fsp3) is 0.222. The Bertz CT molecular complexity index is 916. The number of nitrogens with zero attached hydrogens (tertiary/aromatic N) is 1. The highest BCUT2D eigenvalue weighted by atomic mass is 16.5. The first-order valence-corrected chi connectivity index (χ1v) is 7.45. The number of ether oxygens (including phenoxy) is 1. The van der Waals surface area contributed by atoms with Gasteiger partial charge in [0.2, 0.25) is 0 Å². The van der Waals surface area contributed by atoms with Gasteiger partial charge in [-0.05, 0) is 55.8 Å². The Morgan fingerprint density at radius 1 is 1.17 bits per heavy atom. The molecule has 23 heavy (non-hydrogen) atoms. The maximum absolute atomic E-state index is 12.0. The number of benzene rings is 1. The maximum atomic E-state index is 12.0. The Hall–Kier alpha value is -2.82. The van der Waals surface area contributed by atoms with Gasteiger partial charge >= 0.3 is 0 Å². The van der Waals surface area contributed by atoms with Gasteiger partial charge in [0.15, 0.2) is 0 Å². The number of H-pyrrole nitrogens is 1. The average molecular weight is 309 g/mol. The van der Waals surface area contributed by atoms with Crippen LogP contribution in [0.4, 0.5) is 5.82 Å². The number of fused-ring (bicyclic) bond motifs is 1. The molecule has 5 heteroatoms. The number of pyridine rings is 2. The molecule has 0 fully saturated rings. The molecule has 0 atom stereocenters. The van der Waals surface area contributed by atoms with Crippen LogP contribution in [0, 0.1) is 13.8 Å². The standard InChI is InChI=1S/C18H19N3O2/c1-11-8-12(2)20-18(22)15(11)10-19-17-7-4-13-9-14(23-3)5-6-16(13)21-17/h4-9H,10H2,1-3H3,(H,19,21)(H,20,22). The smallest absolute Gasteiger partial charge is 0.253 e. The number of methoxy groups -OCH3 is 1. The van der Waals surface area contributed by atoms with E-state index >= 15 is 0 Å². The summed E-state index contributed by atoms with van der Waals surface area (Å²) < 4.78 is 5.21. The van der Waals surface area contributed by atoms with Crippen molar-refractivity contribution in [3.63, 3.8) is 0 Å². The molecule has 3 aromatic rings. The number of aryl methyl sites for hydroxylation is 2. The third kappa shape index (κ3) is 3.18. The summed E-state index contributed by atoms with van der Waals surface area (Å²) in [4.78, 5) is 19.4. The number of aromatic amines is 1. The van der Waals surface area contributed by atoms with Crippen molar-refractivity contribution in [2.75, 3.05) is 12.4 Å². The molecule has 118 valence electrons. The molecule has 0 saturated carbocycles. The molecule has 0 saturated heterocycles. The summed E-state index contributed by atoms with van der Waals surface area (Å²) >= 11 is 0. The molecule has 2 aromatic heterocycles. The van der Waals surface area contributed by atoms with Gasteiger partial charge in [0.05, 0.1) is 12.6 Å².